The van der Waals surface area contributed by atoms with Crippen molar-refractivity contribution < 1.29 is 14.3 Å². The molecule has 6 nitrogen and oxygen atoms in total. The molecule has 23 heavy (non-hydrogen) atoms. The Morgan fingerprint density at radius 1 is 1.43 bits per heavy atom. The van der Waals surface area contributed by atoms with Gasteiger partial charge < -0.3 is 21.1 Å². The van der Waals surface area contributed by atoms with Crippen LogP contribution >= 0.6 is 24.0 Å². The fourth-order valence-electron chi connectivity index (χ4n) is 1.95. The van der Waals surface area contributed by atoms with Crippen LogP contribution in [0.4, 0.5) is 5.69 Å². The van der Waals surface area contributed by atoms with Crippen molar-refractivity contribution in [1.29, 1.82) is 0 Å². The van der Waals surface area contributed by atoms with Crippen LogP contribution in [0.5, 0.6) is 0 Å². The molecule has 1 atom stereocenters. The van der Waals surface area contributed by atoms with E-state index in [4.69, 9.17) is 22.1 Å². The van der Waals surface area contributed by atoms with Gasteiger partial charge in [-0.15, -0.1) is 12.4 Å². The Morgan fingerprint density at radius 2 is 2.13 bits per heavy atom. The van der Waals surface area contributed by atoms with Gasteiger partial charge in [-0.25, -0.2) is 0 Å². The molecule has 0 heterocycles. The van der Waals surface area contributed by atoms with Gasteiger partial charge in [0, 0.05) is 18.7 Å². The van der Waals surface area contributed by atoms with E-state index in [2.05, 4.69) is 10.6 Å². The number of nitrogens with two attached hydrogens (primary N) is 1. The maximum atomic E-state index is 12.3. The number of hydrogen-bond acceptors (Lipinski definition) is 4. The summed E-state index contributed by atoms with van der Waals surface area (Å²) in [6.07, 6.45) is 2.29. The maximum Gasteiger partial charge on any atom is 0.253 e. The summed E-state index contributed by atoms with van der Waals surface area (Å²) in [6.45, 7) is 0.741. The highest BCUT2D eigenvalue weighted by atomic mass is 35.5. The average molecular weight is 362 g/mol. The first-order valence-electron chi connectivity index (χ1n) is 7.14. The molecule has 2 rings (SSSR count). The van der Waals surface area contributed by atoms with Gasteiger partial charge in [-0.1, -0.05) is 11.6 Å². The van der Waals surface area contributed by atoms with Gasteiger partial charge in [0.2, 0.25) is 5.91 Å². The Bertz CT molecular complexity index is 565. The molecule has 1 aromatic carbocycles. The highest BCUT2D eigenvalue weighted by Gasteiger charge is 2.23. The summed E-state index contributed by atoms with van der Waals surface area (Å²) in [4.78, 5) is 24.2. The van der Waals surface area contributed by atoms with Crippen molar-refractivity contribution >= 4 is 41.5 Å². The van der Waals surface area contributed by atoms with E-state index >= 15 is 0 Å². The summed E-state index contributed by atoms with van der Waals surface area (Å²) in [5, 5.41) is 5.92. The van der Waals surface area contributed by atoms with Gasteiger partial charge >= 0.3 is 0 Å². The Kier molecular flexibility index (Phi) is 7.78. The lowest BCUT2D eigenvalue weighted by Crippen LogP contribution is -2.39. The van der Waals surface area contributed by atoms with E-state index in [1.54, 1.807) is 12.1 Å². The number of nitrogens with one attached hydrogen (secondary N) is 2. The summed E-state index contributed by atoms with van der Waals surface area (Å²) in [5.41, 5.74) is 6.38. The third kappa shape index (κ3) is 5.99. The molecule has 0 aliphatic heterocycles. The number of carbonyl (C=O) groups is 2. The standard InChI is InChI=1S/C15H20ClN3O3.ClH/c1-22-8-12(17)15(21)19-13-5-4-10(16)6-11(13)14(20)18-7-9-2-3-9;/h4-6,9,12H,2-3,7-8,17H2,1H3,(H,18,20)(H,19,21);1H. The minimum absolute atomic E-state index is 0. The lowest BCUT2D eigenvalue weighted by molar-refractivity contribution is -0.118. The summed E-state index contributed by atoms with van der Waals surface area (Å²) in [7, 11) is 1.46. The van der Waals surface area contributed by atoms with Crippen molar-refractivity contribution in [2.24, 2.45) is 11.7 Å². The quantitative estimate of drug-likeness (QED) is 0.690. The zero-order valence-electron chi connectivity index (χ0n) is 12.8. The molecule has 8 heteroatoms. The number of anilines is 1. The van der Waals surface area contributed by atoms with Crippen LogP contribution in [0.3, 0.4) is 0 Å². The fourth-order valence-corrected chi connectivity index (χ4v) is 2.12. The molecule has 128 valence electrons. The molecule has 0 spiro atoms. The van der Waals surface area contributed by atoms with Crippen LogP contribution in [-0.2, 0) is 9.53 Å². The van der Waals surface area contributed by atoms with Crippen LogP contribution < -0.4 is 16.4 Å². The van der Waals surface area contributed by atoms with Crippen LogP contribution in [0, 0.1) is 5.92 Å². The van der Waals surface area contributed by atoms with Crippen molar-refractivity contribution in [3.63, 3.8) is 0 Å². The number of benzene rings is 1. The average Bonchev–Trinajstić information content (AvgIpc) is 3.31. The third-order valence-electron chi connectivity index (χ3n) is 3.42. The highest BCUT2D eigenvalue weighted by Crippen LogP contribution is 2.28. The van der Waals surface area contributed by atoms with Crippen molar-refractivity contribution in [1.82, 2.24) is 5.32 Å². The lowest BCUT2D eigenvalue weighted by atomic mass is 10.1. The fraction of sp³-hybridized carbons (Fsp3) is 0.467. The SMILES string of the molecule is COCC(N)C(=O)Nc1ccc(Cl)cc1C(=O)NCC1CC1.Cl. The van der Waals surface area contributed by atoms with Gasteiger partial charge in [-0.3, -0.25) is 9.59 Å². The van der Waals surface area contributed by atoms with Gasteiger partial charge in [0.05, 0.1) is 17.9 Å². The van der Waals surface area contributed by atoms with E-state index in [9.17, 15) is 9.59 Å². The zero-order chi connectivity index (χ0) is 16.1. The number of halogens is 2. The number of amides is 2. The summed E-state index contributed by atoms with van der Waals surface area (Å²) < 4.78 is 4.84. The van der Waals surface area contributed by atoms with Crippen LogP contribution in [0.1, 0.15) is 23.2 Å². The second-order valence-corrected chi connectivity index (χ2v) is 5.83. The second-order valence-electron chi connectivity index (χ2n) is 5.39. The lowest BCUT2D eigenvalue weighted by Gasteiger charge is -2.14. The molecule has 1 aliphatic rings. The van der Waals surface area contributed by atoms with Gasteiger partial charge in [-0.05, 0) is 37.0 Å². The second kappa shape index (κ2) is 9.08. The van der Waals surface area contributed by atoms with Crippen LogP contribution in [0.2, 0.25) is 5.02 Å². The van der Waals surface area contributed by atoms with E-state index < -0.39 is 11.9 Å². The first kappa shape index (κ1) is 19.7. The van der Waals surface area contributed by atoms with Crippen LogP contribution in [0.25, 0.3) is 0 Å². The van der Waals surface area contributed by atoms with Gasteiger partial charge in [0.15, 0.2) is 0 Å². The normalized spacial score (nSPS) is 14.6. The van der Waals surface area contributed by atoms with E-state index in [-0.39, 0.29) is 24.9 Å². The van der Waals surface area contributed by atoms with Crippen molar-refractivity contribution in [3.05, 3.63) is 28.8 Å². The van der Waals surface area contributed by atoms with Crippen LogP contribution in [-0.4, -0.2) is 38.1 Å². The van der Waals surface area contributed by atoms with Crippen molar-refractivity contribution in [2.75, 3.05) is 25.6 Å². The predicted octanol–water partition coefficient (Wildman–Crippen LogP) is 1.81. The molecule has 1 aliphatic carbocycles. The summed E-state index contributed by atoms with van der Waals surface area (Å²) in [6, 6.07) is 3.92. The largest absolute Gasteiger partial charge is 0.383 e. The maximum absolute atomic E-state index is 12.3. The number of rotatable bonds is 7. The first-order valence-corrected chi connectivity index (χ1v) is 7.52. The van der Waals surface area contributed by atoms with Crippen molar-refractivity contribution in [3.8, 4) is 0 Å². The topological polar surface area (TPSA) is 93.4 Å². The first-order chi connectivity index (χ1) is 10.5. The predicted molar refractivity (Wildman–Crippen MR) is 92.2 cm³/mol. The molecule has 0 aromatic heterocycles. The Labute approximate surface area is 146 Å². The molecule has 1 fully saturated rings. The molecule has 0 saturated heterocycles. The minimum atomic E-state index is -0.803. The van der Waals surface area contributed by atoms with E-state index in [1.807, 2.05) is 0 Å². The van der Waals surface area contributed by atoms with Gasteiger partial charge in [0.1, 0.15) is 6.04 Å². The Morgan fingerprint density at radius 3 is 2.74 bits per heavy atom. The molecule has 0 bridgehead atoms. The molecule has 0 radical (unpaired) electrons. The molecule has 1 aromatic rings. The number of methoxy groups -OCH3 is 1. The third-order valence-corrected chi connectivity index (χ3v) is 3.65. The summed E-state index contributed by atoms with van der Waals surface area (Å²) in [5.74, 6) is -0.110. The van der Waals surface area contributed by atoms with Crippen molar-refractivity contribution in [2.45, 2.75) is 18.9 Å². The minimum Gasteiger partial charge on any atom is -0.383 e. The highest BCUT2D eigenvalue weighted by molar-refractivity contribution is 6.31. The zero-order valence-corrected chi connectivity index (χ0v) is 14.4. The Balaban J connectivity index is 0.00000264. The number of carbonyl (C=O) groups excluding carboxylic acids is 2. The molecule has 4 N–H and O–H groups in total. The summed E-state index contributed by atoms with van der Waals surface area (Å²) >= 11 is 5.95. The molecule has 1 saturated carbocycles. The monoisotopic (exact) mass is 361 g/mol. The smallest absolute Gasteiger partial charge is 0.253 e. The Hall–Kier alpha value is -1.34. The van der Waals surface area contributed by atoms with Gasteiger partial charge in [0.25, 0.3) is 5.91 Å². The molecular formula is C15H21Cl2N3O3. The van der Waals surface area contributed by atoms with Gasteiger partial charge in [-0.2, -0.15) is 0 Å². The van der Waals surface area contributed by atoms with E-state index in [1.165, 1.54) is 13.2 Å². The number of ether oxygens (including phenoxy) is 1. The van der Waals surface area contributed by atoms with Crippen LogP contribution in [0.15, 0.2) is 18.2 Å². The number of hydrogen-bond donors (Lipinski definition) is 3. The molecular weight excluding hydrogens is 341 g/mol. The van der Waals surface area contributed by atoms with E-state index in [0.717, 1.165) is 12.8 Å². The molecule has 2 amide bonds. The molecule has 1 unspecified atom stereocenters. The van der Waals surface area contributed by atoms with E-state index in [0.29, 0.717) is 28.7 Å².